The maximum absolute atomic E-state index is 12.2. The lowest BCUT2D eigenvalue weighted by molar-refractivity contribution is 0.589. The van der Waals surface area contributed by atoms with Gasteiger partial charge >= 0.3 is 0 Å². The van der Waals surface area contributed by atoms with Crippen molar-refractivity contribution in [2.75, 3.05) is 0 Å². The summed E-state index contributed by atoms with van der Waals surface area (Å²) >= 11 is 1.38. The molecule has 0 aliphatic rings. The van der Waals surface area contributed by atoms with E-state index in [0.29, 0.717) is 4.21 Å². The van der Waals surface area contributed by atoms with Crippen molar-refractivity contribution < 1.29 is 8.42 Å². The monoisotopic (exact) mass is 268 g/mol. The molecule has 0 saturated carbocycles. The van der Waals surface area contributed by atoms with E-state index < -0.39 is 9.84 Å². The van der Waals surface area contributed by atoms with Gasteiger partial charge in [0, 0.05) is 4.70 Å². The van der Waals surface area contributed by atoms with Crippen molar-refractivity contribution in [2.24, 2.45) is 0 Å². The highest BCUT2D eigenvalue weighted by molar-refractivity contribution is 7.94. The van der Waals surface area contributed by atoms with Crippen LogP contribution < -0.4 is 0 Å². The standard InChI is InChI=1S/C13H16O2S2/c1-8(2)17(14,15)13-10(4)11-7-9(3)5-6-12(11)16-13/h5-8H,1-4H3. The molecule has 1 aromatic heterocycles. The number of hydrogen-bond donors (Lipinski definition) is 0. The molecule has 92 valence electrons. The molecule has 1 heterocycles. The van der Waals surface area contributed by atoms with Gasteiger partial charge in [0.15, 0.2) is 9.84 Å². The normalized spacial score (nSPS) is 12.5. The molecule has 0 fully saturated rings. The van der Waals surface area contributed by atoms with Crippen LogP contribution in [0, 0.1) is 13.8 Å². The Morgan fingerprint density at radius 3 is 2.41 bits per heavy atom. The van der Waals surface area contributed by atoms with Gasteiger partial charge in [-0.05, 0) is 44.7 Å². The van der Waals surface area contributed by atoms with Crippen molar-refractivity contribution in [1.29, 1.82) is 0 Å². The number of hydrogen-bond acceptors (Lipinski definition) is 3. The van der Waals surface area contributed by atoms with Crippen LogP contribution in [-0.4, -0.2) is 13.7 Å². The average molecular weight is 268 g/mol. The van der Waals surface area contributed by atoms with Gasteiger partial charge in [0.2, 0.25) is 0 Å². The van der Waals surface area contributed by atoms with Crippen LogP contribution in [0.1, 0.15) is 25.0 Å². The zero-order valence-electron chi connectivity index (χ0n) is 10.4. The third kappa shape index (κ3) is 2.00. The van der Waals surface area contributed by atoms with Crippen LogP contribution in [0.15, 0.2) is 22.4 Å². The van der Waals surface area contributed by atoms with Gasteiger partial charge in [-0.25, -0.2) is 8.42 Å². The zero-order valence-corrected chi connectivity index (χ0v) is 12.1. The lowest BCUT2D eigenvalue weighted by atomic mass is 10.1. The topological polar surface area (TPSA) is 34.1 Å². The highest BCUT2D eigenvalue weighted by Crippen LogP contribution is 2.36. The van der Waals surface area contributed by atoms with Gasteiger partial charge in [0.05, 0.1) is 5.25 Å². The maximum atomic E-state index is 12.2. The summed E-state index contributed by atoms with van der Waals surface area (Å²) in [7, 11) is -3.16. The second-order valence-corrected chi connectivity index (χ2v) is 8.36. The Morgan fingerprint density at radius 2 is 1.82 bits per heavy atom. The summed E-state index contributed by atoms with van der Waals surface area (Å²) in [5, 5.41) is 0.699. The van der Waals surface area contributed by atoms with Gasteiger partial charge in [0.1, 0.15) is 4.21 Å². The molecule has 0 amide bonds. The molecule has 0 aliphatic heterocycles. The van der Waals surface area contributed by atoms with Crippen LogP contribution in [0.4, 0.5) is 0 Å². The minimum Gasteiger partial charge on any atom is -0.223 e. The molecule has 17 heavy (non-hydrogen) atoms. The first-order valence-electron chi connectivity index (χ1n) is 5.57. The molecule has 2 rings (SSSR count). The van der Waals surface area contributed by atoms with Gasteiger partial charge in [-0.2, -0.15) is 0 Å². The highest BCUT2D eigenvalue weighted by atomic mass is 32.2. The van der Waals surface area contributed by atoms with E-state index in [1.807, 2.05) is 26.0 Å². The SMILES string of the molecule is Cc1ccc2sc(S(=O)(=O)C(C)C)c(C)c2c1. The molecule has 0 saturated heterocycles. The van der Waals surface area contributed by atoms with E-state index >= 15 is 0 Å². The van der Waals surface area contributed by atoms with E-state index in [2.05, 4.69) is 6.07 Å². The van der Waals surface area contributed by atoms with Crippen molar-refractivity contribution in [3.05, 3.63) is 29.3 Å². The Kier molecular flexibility index (Phi) is 3.04. The van der Waals surface area contributed by atoms with Crippen molar-refractivity contribution in [3.8, 4) is 0 Å². The lowest BCUT2D eigenvalue weighted by Gasteiger charge is -2.05. The van der Waals surface area contributed by atoms with Gasteiger partial charge in [-0.15, -0.1) is 11.3 Å². The summed E-state index contributed by atoms with van der Waals surface area (Å²) in [4.78, 5) is 0. The second-order valence-electron chi connectivity index (χ2n) is 4.61. The van der Waals surface area contributed by atoms with E-state index in [4.69, 9.17) is 0 Å². The molecule has 0 radical (unpaired) electrons. The van der Waals surface area contributed by atoms with Gasteiger partial charge in [-0.3, -0.25) is 0 Å². The van der Waals surface area contributed by atoms with Crippen LogP contribution in [0.2, 0.25) is 0 Å². The predicted octanol–water partition coefficient (Wildman–Crippen LogP) is 3.70. The first kappa shape index (κ1) is 12.6. The lowest BCUT2D eigenvalue weighted by Crippen LogP contribution is -2.13. The Bertz CT molecular complexity index is 664. The van der Waals surface area contributed by atoms with E-state index in [0.717, 1.165) is 21.2 Å². The fourth-order valence-electron chi connectivity index (χ4n) is 1.80. The Morgan fingerprint density at radius 1 is 1.18 bits per heavy atom. The average Bonchev–Trinajstić information content (AvgIpc) is 2.56. The van der Waals surface area contributed by atoms with Crippen molar-refractivity contribution >= 4 is 31.3 Å². The summed E-state index contributed by atoms with van der Waals surface area (Å²) < 4.78 is 26.0. The van der Waals surface area contributed by atoms with Crippen molar-refractivity contribution in [1.82, 2.24) is 0 Å². The predicted molar refractivity (Wildman–Crippen MR) is 73.6 cm³/mol. The minimum atomic E-state index is -3.16. The third-order valence-electron chi connectivity index (χ3n) is 2.93. The molecule has 2 nitrogen and oxygen atoms in total. The van der Waals surface area contributed by atoms with E-state index in [-0.39, 0.29) is 5.25 Å². The van der Waals surface area contributed by atoms with Crippen LogP contribution in [0.5, 0.6) is 0 Å². The summed E-state index contributed by atoms with van der Waals surface area (Å²) in [6.07, 6.45) is 0. The Hall–Kier alpha value is -0.870. The number of fused-ring (bicyclic) bond motifs is 1. The van der Waals surface area contributed by atoms with Crippen molar-refractivity contribution in [3.63, 3.8) is 0 Å². The third-order valence-corrected chi connectivity index (χ3v) is 7.01. The number of thiophene rings is 1. The first-order valence-corrected chi connectivity index (χ1v) is 7.94. The second kappa shape index (κ2) is 4.10. The smallest absolute Gasteiger partial charge is 0.190 e. The summed E-state index contributed by atoms with van der Waals surface area (Å²) in [6, 6.07) is 6.08. The van der Waals surface area contributed by atoms with Gasteiger partial charge < -0.3 is 0 Å². The van der Waals surface area contributed by atoms with Gasteiger partial charge in [0.25, 0.3) is 0 Å². The Balaban J connectivity index is 2.78. The highest BCUT2D eigenvalue weighted by Gasteiger charge is 2.24. The van der Waals surface area contributed by atoms with Crippen LogP contribution in [0.3, 0.4) is 0 Å². The number of benzene rings is 1. The molecule has 0 aliphatic carbocycles. The van der Waals surface area contributed by atoms with E-state index in [9.17, 15) is 8.42 Å². The van der Waals surface area contributed by atoms with E-state index in [1.54, 1.807) is 13.8 Å². The summed E-state index contributed by atoms with van der Waals surface area (Å²) in [6.45, 7) is 7.37. The molecule has 0 atom stereocenters. The molecular weight excluding hydrogens is 252 g/mol. The molecular formula is C13H16O2S2. The summed E-state index contributed by atoms with van der Waals surface area (Å²) in [5.41, 5.74) is 2.05. The number of rotatable bonds is 2. The van der Waals surface area contributed by atoms with Gasteiger partial charge in [-0.1, -0.05) is 17.7 Å². The number of sulfone groups is 1. The molecule has 0 spiro atoms. The van der Waals surface area contributed by atoms with Crippen LogP contribution >= 0.6 is 11.3 Å². The molecule has 0 bridgehead atoms. The largest absolute Gasteiger partial charge is 0.223 e. The molecule has 0 N–H and O–H groups in total. The maximum Gasteiger partial charge on any atom is 0.190 e. The molecule has 0 unspecified atom stereocenters. The van der Waals surface area contributed by atoms with Crippen molar-refractivity contribution in [2.45, 2.75) is 37.2 Å². The molecule has 1 aromatic carbocycles. The molecule has 2 aromatic rings. The minimum absolute atomic E-state index is 0.365. The van der Waals surface area contributed by atoms with Crippen LogP contribution in [-0.2, 0) is 9.84 Å². The fraction of sp³-hybridized carbons (Fsp3) is 0.385. The quantitative estimate of drug-likeness (QED) is 0.832. The first-order chi connectivity index (χ1) is 7.84. The zero-order chi connectivity index (χ0) is 12.8. The van der Waals surface area contributed by atoms with Crippen LogP contribution in [0.25, 0.3) is 10.1 Å². The molecule has 4 heteroatoms. The Labute approximate surface area is 106 Å². The fourth-order valence-corrected chi connectivity index (χ4v) is 4.99. The summed E-state index contributed by atoms with van der Waals surface area (Å²) in [5.74, 6) is 0. The van der Waals surface area contributed by atoms with E-state index in [1.165, 1.54) is 11.3 Å². The number of aryl methyl sites for hydroxylation is 2.